The predicted molar refractivity (Wildman–Crippen MR) is 71.4 cm³/mol. The lowest BCUT2D eigenvalue weighted by Crippen LogP contribution is -2.24. The van der Waals surface area contributed by atoms with Crippen molar-refractivity contribution < 1.29 is 9.90 Å². The number of rotatable bonds is 5. The van der Waals surface area contributed by atoms with Crippen molar-refractivity contribution >= 4 is 24.2 Å². The molecule has 0 bridgehead atoms. The van der Waals surface area contributed by atoms with Gasteiger partial charge < -0.3 is 10.0 Å². The minimum atomic E-state index is -0.923. The van der Waals surface area contributed by atoms with Crippen molar-refractivity contribution in [2.45, 2.75) is 27.2 Å². The van der Waals surface area contributed by atoms with Gasteiger partial charge in [-0.3, -0.25) is 0 Å². The van der Waals surface area contributed by atoms with Gasteiger partial charge in [-0.2, -0.15) is 0 Å². The standard InChI is InChI=1S/C12H18N2O2.ClH/c1-4-9-7-10(12(15)16)8-13-11(9)14(5-2)6-3;/h7-8H,4-6H2,1-3H3,(H,15,16);1H. The topological polar surface area (TPSA) is 53.4 Å². The molecule has 0 atom stereocenters. The van der Waals surface area contributed by atoms with Gasteiger partial charge in [-0.15, -0.1) is 12.4 Å². The summed E-state index contributed by atoms with van der Waals surface area (Å²) in [5.74, 6) is -0.0224. The molecule has 17 heavy (non-hydrogen) atoms. The number of anilines is 1. The van der Waals surface area contributed by atoms with Crippen LogP contribution in [0.5, 0.6) is 0 Å². The van der Waals surface area contributed by atoms with Crippen molar-refractivity contribution in [1.29, 1.82) is 0 Å². The fraction of sp³-hybridized carbons (Fsp3) is 0.500. The van der Waals surface area contributed by atoms with E-state index >= 15 is 0 Å². The zero-order chi connectivity index (χ0) is 12.1. The molecule has 1 N–H and O–H groups in total. The minimum Gasteiger partial charge on any atom is -0.478 e. The molecule has 0 aliphatic carbocycles. The smallest absolute Gasteiger partial charge is 0.337 e. The Balaban J connectivity index is 0.00000256. The van der Waals surface area contributed by atoms with Gasteiger partial charge in [0.2, 0.25) is 0 Å². The normalized spacial score (nSPS) is 9.59. The van der Waals surface area contributed by atoms with Gasteiger partial charge >= 0.3 is 5.97 Å². The third-order valence-electron chi connectivity index (χ3n) is 2.63. The molecule has 0 spiro atoms. The van der Waals surface area contributed by atoms with E-state index in [9.17, 15) is 4.79 Å². The van der Waals surface area contributed by atoms with Crippen LogP contribution < -0.4 is 4.90 Å². The van der Waals surface area contributed by atoms with E-state index in [-0.39, 0.29) is 18.0 Å². The number of carboxylic acid groups (broad SMARTS) is 1. The predicted octanol–water partition coefficient (Wildman–Crippen LogP) is 2.61. The van der Waals surface area contributed by atoms with Gasteiger partial charge in [0.25, 0.3) is 0 Å². The number of hydrogen-bond donors (Lipinski definition) is 1. The Morgan fingerprint density at radius 2 is 1.94 bits per heavy atom. The maximum Gasteiger partial charge on any atom is 0.337 e. The number of aryl methyl sites for hydroxylation is 1. The summed E-state index contributed by atoms with van der Waals surface area (Å²) < 4.78 is 0. The molecule has 0 aliphatic heterocycles. The molecule has 1 aromatic heterocycles. The Bertz CT molecular complexity index is 379. The van der Waals surface area contributed by atoms with Crippen molar-refractivity contribution in [3.05, 3.63) is 23.4 Å². The Labute approximate surface area is 108 Å². The largest absolute Gasteiger partial charge is 0.478 e. The molecule has 5 heteroatoms. The monoisotopic (exact) mass is 258 g/mol. The highest BCUT2D eigenvalue weighted by atomic mass is 35.5. The highest BCUT2D eigenvalue weighted by molar-refractivity contribution is 5.87. The van der Waals surface area contributed by atoms with Crippen LogP contribution in [0.3, 0.4) is 0 Å². The molecular weight excluding hydrogens is 240 g/mol. The molecule has 0 unspecified atom stereocenters. The summed E-state index contributed by atoms with van der Waals surface area (Å²) in [6.07, 6.45) is 2.22. The average Bonchev–Trinajstić information content (AvgIpc) is 2.30. The summed E-state index contributed by atoms with van der Waals surface area (Å²) in [7, 11) is 0. The highest BCUT2D eigenvalue weighted by Crippen LogP contribution is 2.19. The zero-order valence-corrected chi connectivity index (χ0v) is 11.3. The van der Waals surface area contributed by atoms with Crippen LogP contribution in [-0.4, -0.2) is 29.1 Å². The van der Waals surface area contributed by atoms with Crippen molar-refractivity contribution in [1.82, 2.24) is 4.98 Å². The van der Waals surface area contributed by atoms with Gasteiger partial charge in [0.1, 0.15) is 5.82 Å². The Hall–Kier alpha value is -1.29. The molecule has 0 amide bonds. The molecule has 0 radical (unpaired) electrons. The second kappa shape index (κ2) is 7.12. The first-order valence-electron chi connectivity index (χ1n) is 5.61. The van der Waals surface area contributed by atoms with Crippen molar-refractivity contribution in [2.75, 3.05) is 18.0 Å². The molecule has 1 heterocycles. The number of carbonyl (C=O) groups is 1. The van der Waals surface area contributed by atoms with Crippen LogP contribution in [0.15, 0.2) is 12.3 Å². The number of nitrogens with zero attached hydrogens (tertiary/aromatic N) is 2. The molecule has 0 aromatic carbocycles. The van der Waals surface area contributed by atoms with Crippen LogP contribution in [0.25, 0.3) is 0 Å². The molecule has 96 valence electrons. The fourth-order valence-electron chi connectivity index (χ4n) is 1.69. The second-order valence-corrected chi connectivity index (χ2v) is 3.54. The molecule has 1 rings (SSSR count). The maximum absolute atomic E-state index is 10.8. The summed E-state index contributed by atoms with van der Waals surface area (Å²) in [6.45, 7) is 7.90. The molecule has 0 aliphatic rings. The molecule has 0 fully saturated rings. The van der Waals surface area contributed by atoms with Crippen LogP contribution >= 0.6 is 12.4 Å². The van der Waals surface area contributed by atoms with Crippen LogP contribution in [0.2, 0.25) is 0 Å². The van der Waals surface area contributed by atoms with Gasteiger partial charge in [0.15, 0.2) is 0 Å². The lowest BCUT2D eigenvalue weighted by atomic mass is 10.1. The van der Waals surface area contributed by atoms with Gasteiger partial charge in [-0.1, -0.05) is 6.92 Å². The fourth-order valence-corrected chi connectivity index (χ4v) is 1.69. The SMILES string of the molecule is CCc1cc(C(=O)O)cnc1N(CC)CC.Cl. The number of carboxylic acids is 1. The summed E-state index contributed by atoms with van der Waals surface area (Å²) >= 11 is 0. The van der Waals surface area contributed by atoms with E-state index < -0.39 is 5.97 Å². The van der Waals surface area contributed by atoms with E-state index in [1.807, 2.05) is 6.92 Å². The van der Waals surface area contributed by atoms with E-state index in [1.54, 1.807) is 6.07 Å². The third kappa shape index (κ3) is 3.60. The first kappa shape index (κ1) is 15.7. The Morgan fingerprint density at radius 1 is 1.35 bits per heavy atom. The number of pyridine rings is 1. The lowest BCUT2D eigenvalue weighted by Gasteiger charge is -2.22. The summed E-state index contributed by atoms with van der Waals surface area (Å²) in [5, 5.41) is 8.90. The van der Waals surface area contributed by atoms with Crippen molar-refractivity contribution in [3.8, 4) is 0 Å². The third-order valence-corrected chi connectivity index (χ3v) is 2.63. The number of aromatic nitrogens is 1. The van der Waals surface area contributed by atoms with Crippen LogP contribution in [0.4, 0.5) is 5.82 Å². The van der Waals surface area contributed by atoms with Crippen LogP contribution in [0.1, 0.15) is 36.7 Å². The Morgan fingerprint density at radius 3 is 2.35 bits per heavy atom. The summed E-state index contributed by atoms with van der Waals surface area (Å²) in [5.41, 5.74) is 1.25. The van der Waals surface area contributed by atoms with E-state index in [1.165, 1.54) is 6.20 Å². The molecule has 1 aromatic rings. The number of hydrogen-bond acceptors (Lipinski definition) is 3. The van der Waals surface area contributed by atoms with Gasteiger partial charge in [0.05, 0.1) is 5.56 Å². The van der Waals surface area contributed by atoms with Crippen LogP contribution in [0, 0.1) is 0 Å². The molecule has 4 nitrogen and oxygen atoms in total. The minimum absolute atomic E-state index is 0. The van der Waals surface area contributed by atoms with Gasteiger partial charge in [-0.05, 0) is 31.9 Å². The van der Waals surface area contributed by atoms with Crippen molar-refractivity contribution in [3.63, 3.8) is 0 Å². The highest BCUT2D eigenvalue weighted by Gasteiger charge is 2.12. The number of aromatic carboxylic acids is 1. The van der Waals surface area contributed by atoms with Gasteiger partial charge in [-0.25, -0.2) is 9.78 Å². The molecule has 0 saturated heterocycles. The first-order valence-corrected chi connectivity index (χ1v) is 5.61. The molecule has 0 saturated carbocycles. The van der Waals surface area contributed by atoms with E-state index in [0.717, 1.165) is 30.9 Å². The average molecular weight is 259 g/mol. The van der Waals surface area contributed by atoms with Crippen molar-refractivity contribution in [2.24, 2.45) is 0 Å². The van der Waals surface area contributed by atoms with Crippen LogP contribution in [-0.2, 0) is 6.42 Å². The lowest BCUT2D eigenvalue weighted by molar-refractivity contribution is 0.0696. The molecular formula is C12H19ClN2O2. The zero-order valence-electron chi connectivity index (χ0n) is 10.4. The summed E-state index contributed by atoms with van der Waals surface area (Å²) in [4.78, 5) is 17.2. The number of halogens is 1. The summed E-state index contributed by atoms with van der Waals surface area (Å²) in [6, 6.07) is 1.71. The quantitative estimate of drug-likeness (QED) is 0.882. The first-order chi connectivity index (χ1) is 7.63. The second-order valence-electron chi connectivity index (χ2n) is 3.54. The van der Waals surface area contributed by atoms with Gasteiger partial charge in [0, 0.05) is 19.3 Å². The Kier molecular flexibility index (Phi) is 6.58. The van der Waals surface area contributed by atoms with E-state index in [0.29, 0.717) is 0 Å². The van der Waals surface area contributed by atoms with E-state index in [2.05, 4.69) is 23.7 Å². The maximum atomic E-state index is 10.8. The van der Waals surface area contributed by atoms with E-state index in [4.69, 9.17) is 5.11 Å².